The number of nitrogens with zero attached hydrogens (tertiary/aromatic N) is 2. The predicted octanol–water partition coefficient (Wildman–Crippen LogP) is 2.41. The molecule has 25 heavy (non-hydrogen) atoms. The summed E-state index contributed by atoms with van der Waals surface area (Å²) < 4.78 is 1.89. The smallest absolute Gasteiger partial charge is 0.242 e. The van der Waals surface area contributed by atoms with Crippen molar-refractivity contribution in [2.24, 2.45) is 0 Å². The third-order valence-corrected chi connectivity index (χ3v) is 4.72. The van der Waals surface area contributed by atoms with Gasteiger partial charge in [-0.15, -0.1) is 12.4 Å². The molecule has 136 valence electrons. The van der Waals surface area contributed by atoms with Crippen molar-refractivity contribution >= 4 is 29.2 Å². The number of amides is 1. The number of halogens is 1. The molecule has 0 aliphatic carbocycles. The normalized spacial score (nSPS) is 14.9. The highest BCUT2D eigenvalue weighted by Gasteiger charge is 2.24. The third-order valence-electron chi connectivity index (χ3n) is 4.72. The Balaban J connectivity index is 0.00000225. The third kappa shape index (κ3) is 4.41. The predicted molar refractivity (Wildman–Crippen MR) is 103 cm³/mol. The van der Waals surface area contributed by atoms with Crippen LogP contribution in [0, 0.1) is 0 Å². The lowest BCUT2D eigenvalue weighted by Crippen LogP contribution is -2.47. The standard InChI is InChI=1S/C19H25N3O2.ClH/c1-2-12-22(15-7-10-20-11-8-15)19(24)14-21-13-9-18(23)16-5-3-4-6-17(16)21;/h3-6,9,13,15,20H,2,7-8,10-12,14H2,1H3;1H. The number of hydrogen-bond donors (Lipinski definition) is 1. The Labute approximate surface area is 154 Å². The molecule has 1 aromatic heterocycles. The van der Waals surface area contributed by atoms with Gasteiger partial charge in [-0.05, 0) is 44.5 Å². The van der Waals surface area contributed by atoms with E-state index < -0.39 is 0 Å². The molecule has 2 heterocycles. The molecule has 1 fully saturated rings. The fraction of sp³-hybridized carbons (Fsp3) is 0.474. The average molecular weight is 364 g/mol. The van der Waals surface area contributed by atoms with Crippen molar-refractivity contribution in [1.29, 1.82) is 0 Å². The van der Waals surface area contributed by atoms with Gasteiger partial charge in [-0.1, -0.05) is 19.1 Å². The van der Waals surface area contributed by atoms with Crippen molar-refractivity contribution in [2.75, 3.05) is 19.6 Å². The molecule has 2 aromatic rings. The second-order valence-corrected chi connectivity index (χ2v) is 6.39. The zero-order chi connectivity index (χ0) is 16.9. The highest BCUT2D eigenvalue weighted by molar-refractivity contribution is 5.85. The monoisotopic (exact) mass is 363 g/mol. The largest absolute Gasteiger partial charge is 0.338 e. The number of para-hydroxylation sites is 1. The number of piperidine rings is 1. The lowest BCUT2D eigenvalue weighted by atomic mass is 10.0. The van der Waals surface area contributed by atoms with Crippen LogP contribution in [0.3, 0.4) is 0 Å². The van der Waals surface area contributed by atoms with Crippen molar-refractivity contribution in [3.8, 4) is 0 Å². The topological polar surface area (TPSA) is 54.3 Å². The summed E-state index contributed by atoms with van der Waals surface area (Å²) in [5, 5.41) is 4.02. The molecule has 5 nitrogen and oxygen atoms in total. The Morgan fingerprint density at radius 2 is 1.96 bits per heavy atom. The number of aromatic nitrogens is 1. The number of carbonyl (C=O) groups is 1. The molecule has 1 aliphatic heterocycles. The minimum Gasteiger partial charge on any atom is -0.338 e. The Hall–Kier alpha value is -1.85. The van der Waals surface area contributed by atoms with E-state index in [1.165, 1.54) is 0 Å². The molecule has 1 N–H and O–H groups in total. The van der Waals surface area contributed by atoms with Gasteiger partial charge < -0.3 is 14.8 Å². The molecule has 0 bridgehead atoms. The van der Waals surface area contributed by atoms with Gasteiger partial charge in [0.15, 0.2) is 5.43 Å². The number of benzene rings is 1. The van der Waals surface area contributed by atoms with Gasteiger partial charge in [0.05, 0.1) is 5.52 Å². The zero-order valence-electron chi connectivity index (χ0n) is 14.6. The molecule has 6 heteroatoms. The highest BCUT2D eigenvalue weighted by atomic mass is 35.5. The van der Waals surface area contributed by atoms with E-state index in [0.717, 1.165) is 44.4 Å². The van der Waals surface area contributed by atoms with Crippen LogP contribution in [0.15, 0.2) is 41.3 Å². The average Bonchev–Trinajstić information content (AvgIpc) is 2.63. The van der Waals surface area contributed by atoms with Gasteiger partial charge in [0.25, 0.3) is 0 Å². The van der Waals surface area contributed by atoms with Gasteiger partial charge in [-0.3, -0.25) is 9.59 Å². The number of rotatable bonds is 5. The Bertz CT molecular complexity index is 769. The Kier molecular flexibility index (Phi) is 7.02. The van der Waals surface area contributed by atoms with E-state index in [9.17, 15) is 9.59 Å². The first kappa shape index (κ1) is 19.5. The van der Waals surface area contributed by atoms with Crippen LogP contribution in [0.5, 0.6) is 0 Å². The maximum Gasteiger partial charge on any atom is 0.242 e. The van der Waals surface area contributed by atoms with E-state index in [-0.39, 0.29) is 30.3 Å². The van der Waals surface area contributed by atoms with Crippen LogP contribution in [-0.2, 0) is 11.3 Å². The summed E-state index contributed by atoms with van der Waals surface area (Å²) in [4.78, 5) is 27.0. The minimum atomic E-state index is -0.00179. The van der Waals surface area contributed by atoms with Gasteiger partial charge in [-0.2, -0.15) is 0 Å². The summed E-state index contributed by atoms with van der Waals surface area (Å²) in [7, 11) is 0. The number of pyridine rings is 1. The fourth-order valence-corrected chi connectivity index (χ4v) is 3.50. The van der Waals surface area contributed by atoms with Gasteiger partial charge in [0, 0.05) is 30.2 Å². The van der Waals surface area contributed by atoms with Crippen molar-refractivity contribution in [1.82, 2.24) is 14.8 Å². The zero-order valence-corrected chi connectivity index (χ0v) is 15.4. The second-order valence-electron chi connectivity index (χ2n) is 6.39. The van der Waals surface area contributed by atoms with E-state index in [0.29, 0.717) is 11.4 Å². The number of hydrogen-bond acceptors (Lipinski definition) is 3. The second kappa shape index (κ2) is 9.02. The van der Waals surface area contributed by atoms with Gasteiger partial charge >= 0.3 is 0 Å². The van der Waals surface area contributed by atoms with Crippen LogP contribution in [0.2, 0.25) is 0 Å². The molecule has 0 radical (unpaired) electrons. The quantitative estimate of drug-likeness (QED) is 0.887. The van der Waals surface area contributed by atoms with Crippen LogP contribution in [0.4, 0.5) is 0 Å². The van der Waals surface area contributed by atoms with E-state index >= 15 is 0 Å². The summed E-state index contributed by atoms with van der Waals surface area (Å²) in [6.45, 7) is 5.13. The van der Waals surface area contributed by atoms with E-state index in [2.05, 4.69) is 12.2 Å². The number of carbonyl (C=O) groups excluding carboxylic acids is 1. The van der Waals surface area contributed by atoms with Crippen molar-refractivity contribution in [3.63, 3.8) is 0 Å². The molecule has 0 unspecified atom stereocenters. The lowest BCUT2D eigenvalue weighted by molar-refractivity contribution is -0.134. The van der Waals surface area contributed by atoms with Crippen molar-refractivity contribution in [3.05, 3.63) is 46.8 Å². The van der Waals surface area contributed by atoms with E-state index in [4.69, 9.17) is 0 Å². The van der Waals surface area contributed by atoms with Crippen LogP contribution in [0.25, 0.3) is 10.9 Å². The first-order valence-corrected chi connectivity index (χ1v) is 8.79. The summed E-state index contributed by atoms with van der Waals surface area (Å²) >= 11 is 0. The molecular formula is C19H26ClN3O2. The molecule has 1 aromatic carbocycles. The molecule has 0 saturated carbocycles. The maximum atomic E-state index is 12.9. The van der Waals surface area contributed by atoms with Crippen LogP contribution < -0.4 is 10.7 Å². The van der Waals surface area contributed by atoms with Crippen LogP contribution in [0.1, 0.15) is 26.2 Å². The van der Waals surface area contributed by atoms with Crippen molar-refractivity contribution < 1.29 is 4.79 Å². The van der Waals surface area contributed by atoms with E-state index in [1.807, 2.05) is 33.7 Å². The summed E-state index contributed by atoms with van der Waals surface area (Å²) in [6.07, 6.45) is 4.71. The molecule has 3 rings (SSSR count). The maximum absolute atomic E-state index is 12.9. The molecule has 1 amide bonds. The highest BCUT2D eigenvalue weighted by Crippen LogP contribution is 2.15. The molecule has 0 atom stereocenters. The number of nitrogens with one attached hydrogen (secondary N) is 1. The Morgan fingerprint density at radius 1 is 1.24 bits per heavy atom. The summed E-state index contributed by atoms with van der Waals surface area (Å²) in [5.41, 5.74) is 0.818. The SMILES string of the molecule is CCCN(C(=O)Cn1ccc(=O)c2ccccc21)C1CCNCC1.Cl. The lowest BCUT2D eigenvalue weighted by Gasteiger charge is -2.35. The van der Waals surface area contributed by atoms with Crippen LogP contribution in [-0.4, -0.2) is 41.1 Å². The fourth-order valence-electron chi connectivity index (χ4n) is 3.50. The van der Waals surface area contributed by atoms with Crippen LogP contribution >= 0.6 is 12.4 Å². The minimum absolute atomic E-state index is 0. The first-order chi connectivity index (χ1) is 11.7. The number of fused-ring (bicyclic) bond motifs is 1. The summed E-state index contributed by atoms with van der Waals surface area (Å²) in [6, 6.07) is 9.34. The van der Waals surface area contributed by atoms with Crippen molar-refractivity contribution in [2.45, 2.75) is 38.8 Å². The summed E-state index contributed by atoms with van der Waals surface area (Å²) in [5.74, 6) is 0.137. The Morgan fingerprint density at radius 3 is 2.68 bits per heavy atom. The van der Waals surface area contributed by atoms with E-state index in [1.54, 1.807) is 12.3 Å². The van der Waals surface area contributed by atoms with Gasteiger partial charge in [-0.25, -0.2) is 0 Å². The molecule has 1 saturated heterocycles. The molecular weight excluding hydrogens is 338 g/mol. The van der Waals surface area contributed by atoms with Gasteiger partial charge in [0.2, 0.25) is 5.91 Å². The molecule has 1 aliphatic rings. The molecule has 0 spiro atoms. The van der Waals surface area contributed by atoms with Gasteiger partial charge in [0.1, 0.15) is 6.54 Å². The first-order valence-electron chi connectivity index (χ1n) is 8.79.